The minimum Gasteiger partial charge on any atom is -0.273 e. The third kappa shape index (κ3) is 4.23. The molecule has 1 unspecified atom stereocenters. The molecule has 0 amide bonds. The molecule has 1 aliphatic rings. The van der Waals surface area contributed by atoms with E-state index in [4.69, 9.17) is 10.2 Å². The molecule has 1 saturated carbocycles. The highest BCUT2D eigenvalue weighted by Crippen LogP contribution is 2.42. The molecule has 2 aromatic heterocycles. The Kier molecular flexibility index (Phi) is 5.97. The number of hydrogen-bond donors (Lipinski definition) is 0. The summed E-state index contributed by atoms with van der Waals surface area (Å²) in [6.45, 7) is 3.10. The minimum atomic E-state index is -0.0924. The van der Waals surface area contributed by atoms with Crippen LogP contribution in [0.2, 0.25) is 0 Å². The molecule has 0 radical (unpaired) electrons. The van der Waals surface area contributed by atoms with Crippen molar-refractivity contribution in [1.29, 1.82) is 0 Å². The van der Waals surface area contributed by atoms with E-state index >= 15 is 0 Å². The summed E-state index contributed by atoms with van der Waals surface area (Å²) in [5, 5.41) is 9.45. The zero-order valence-electron chi connectivity index (χ0n) is 19.5. The van der Waals surface area contributed by atoms with Crippen molar-refractivity contribution in [3.05, 3.63) is 84.2 Å². The predicted octanol–water partition coefficient (Wildman–Crippen LogP) is 6.18. The van der Waals surface area contributed by atoms with Crippen LogP contribution < -0.4 is 0 Å². The van der Waals surface area contributed by atoms with Gasteiger partial charge in [-0.15, -0.1) is 0 Å². The lowest BCUT2D eigenvalue weighted by molar-refractivity contribution is 0.0914. The van der Waals surface area contributed by atoms with Crippen LogP contribution in [0.15, 0.2) is 72.8 Å². The van der Waals surface area contributed by atoms with Gasteiger partial charge in [0.25, 0.3) is 0 Å². The SMILES string of the molecule is CC(=O)n1nc(C2CCC[C@@H](c3cc(-c4ccccc4)n(C(C)=O)n3)C2)cc1-c1ccccc1. The number of aromatic nitrogens is 4. The van der Waals surface area contributed by atoms with E-state index in [2.05, 4.69) is 12.1 Å². The average molecular weight is 453 g/mol. The third-order valence-electron chi connectivity index (χ3n) is 6.70. The molecule has 6 nitrogen and oxygen atoms in total. The van der Waals surface area contributed by atoms with Crippen LogP contribution in [0.1, 0.15) is 72.3 Å². The van der Waals surface area contributed by atoms with E-state index in [0.29, 0.717) is 0 Å². The lowest BCUT2D eigenvalue weighted by atomic mass is 9.78. The molecule has 2 aromatic carbocycles. The van der Waals surface area contributed by atoms with Crippen molar-refractivity contribution in [3.8, 4) is 22.5 Å². The molecule has 6 heteroatoms. The van der Waals surface area contributed by atoms with Crippen molar-refractivity contribution in [2.24, 2.45) is 0 Å². The Bertz CT molecular complexity index is 1220. The highest BCUT2D eigenvalue weighted by molar-refractivity contribution is 5.82. The zero-order chi connectivity index (χ0) is 23.7. The first-order valence-corrected chi connectivity index (χ1v) is 11.8. The van der Waals surface area contributed by atoms with Gasteiger partial charge >= 0.3 is 0 Å². The fraction of sp³-hybridized carbons (Fsp3) is 0.286. The molecule has 1 aliphatic carbocycles. The molecule has 1 fully saturated rings. The van der Waals surface area contributed by atoms with E-state index in [-0.39, 0.29) is 23.7 Å². The number of carbonyl (C=O) groups is 2. The second kappa shape index (κ2) is 9.21. The summed E-state index contributed by atoms with van der Waals surface area (Å²) in [5.74, 6) is 0.296. The molecule has 2 heterocycles. The van der Waals surface area contributed by atoms with Crippen LogP contribution in [-0.4, -0.2) is 31.4 Å². The van der Waals surface area contributed by atoms with Crippen LogP contribution in [0, 0.1) is 0 Å². The quantitative estimate of drug-likeness (QED) is 0.371. The van der Waals surface area contributed by atoms with Crippen molar-refractivity contribution in [1.82, 2.24) is 19.6 Å². The van der Waals surface area contributed by atoms with Gasteiger partial charge in [0.05, 0.1) is 22.8 Å². The van der Waals surface area contributed by atoms with Crippen LogP contribution in [0.4, 0.5) is 0 Å². The van der Waals surface area contributed by atoms with Crippen molar-refractivity contribution in [2.45, 2.75) is 51.4 Å². The molecular formula is C28H28N4O2. The maximum atomic E-state index is 12.3. The summed E-state index contributed by atoms with van der Waals surface area (Å²) in [5.41, 5.74) is 5.53. The lowest BCUT2D eigenvalue weighted by Gasteiger charge is -2.26. The number of rotatable bonds is 4. The normalized spacial score (nSPS) is 18.1. The van der Waals surface area contributed by atoms with Crippen LogP contribution in [0.5, 0.6) is 0 Å². The van der Waals surface area contributed by atoms with E-state index in [0.717, 1.165) is 59.6 Å². The van der Waals surface area contributed by atoms with Crippen LogP contribution in [0.3, 0.4) is 0 Å². The first-order chi connectivity index (χ1) is 16.5. The van der Waals surface area contributed by atoms with Crippen molar-refractivity contribution >= 4 is 11.8 Å². The Morgan fingerprint density at radius 1 is 0.706 bits per heavy atom. The van der Waals surface area contributed by atoms with E-state index in [1.807, 2.05) is 60.7 Å². The van der Waals surface area contributed by atoms with Crippen molar-refractivity contribution in [3.63, 3.8) is 0 Å². The summed E-state index contributed by atoms with van der Waals surface area (Å²) in [6, 6.07) is 24.0. The number of carbonyl (C=O) groups excluding carboxylic acids is 2. The van der Waals surface area contributed by atoms with Gasteiger partial charge in [-0.1, -0.05) is 67.1 Å². The van der Waals surface area contributed by atoms with E-state index < -0.39 is 0 Å². The largest absolute Gasteiger partial charge is 0.273 e. The van der Waals surface area contributed by atoms with Crippen LogP contribution >= 0.6 is 0 Å². The zero-order valence-corrected chi connectivity index (χ0v) is 19.5. The fourth-order valence-corrected chi connectivity index (χ4v) is 5.03. The van der Waals surface area contributed by atoms with Gasteiger partial charge in [0.1, 0.15) is 0 Å². The Balaban J connectivity index is 1.45. The van der Waals surface area contributed by atoms with Crippen molar-refractivity contribution < 1.29 is 9.59 Å². The fourth-order valence-electron chi connectivity index (χ4n) is 5.03. The third-order valence-corrected chi connectivity index (χ3v) is 6.70. The van der Waals surface area contributed by atoms with E-state index in [1.165, 1.54) is 9.36 Å². The maximum absolute atomic E-state index is 12.3. The summed E-state index contributed by atoms with van der Waals surface area (Å²) < 4.78 is 3.04. The van der Waals surface area contributed by atoms with Gasteiger partial charge in [-0.2, -0.15) is 10.2 Å². The molecule has 0 spiro atoms. The lowest BCUT2D eigenvalue weighted by Crippen LogP contribution is -2.16. The van der Waals surface area contributed by atoms with Gasteiger partial charge in [0.15, 0.2) is 0 Å². The Morgan fingerprint density at radius 2 is 1.12 bits per heavy atom. The van der Waals surface area contributed by atoms with Gasteiger partial charge in [0.2, 0.25) is 11.8 Å². The highest BCUT2D eigenvalue weighted by Gasteiger charge is 2.30. The summed E-state index contributed by atoms with van der Waals surface area (Å²) in [7, 11) is 0. The molecular weight excluding hydrogens is 424 g/mol. The van der Waals surface area contributed by atoms with Crippen LogP contribution in [-0.2, 0) is 0 Å². The Morgan fingerprint density at radius 3 is 1.50 bits per heavy atom. The molecule has 34 heavy (non-hydrogen) atoms. The second-order valence-electron chi connectivity index (χ2n) is 9.06. The molecule has 5 rings (SSSR count). The summed E-state index contributed by atoms with van der Waals surface area (Å²) in [4.78, 5) is 24.6. The standard InChI is InChI=1S/C28H28N4O2/c1-19(33)31-27(21-10-5-3-6-11-21)17-25(29-31)23-14-9-15-24(16-23)26-18-28(32(30-26)20(2)34)22-12-7-4-8-13-22/h3-8,10-13,17-18,23-24H,9,14-16H2,1-2H3/t23-,24?/m1/s1. The number of hydrogen-bond acceptors (Lipinski definition) is 4. The smallest absolute Gasteiger partial charge is 0.244 e. The van der Waals surface area contributed by atoms with Gasteiger partial charge in [-0.25, -0.2) is 9.36 Å². The van der Waals surface area contributed by atoms with Gasteiger partial charge in [0, 0.05) is 36.8 Å². The van der Waals surface area contributed by atoms with E-state index in [9.17, 15) is 9.59 Å². The predicted molar refractivity (Wildman–Crippen MR) is 132 cm³/mol. The molecule has 0 bridgehead atoms. The molecule has 0 N–H and O–H groups in total. The Labute approximate surface area is 199 Å². The maximum Gasteiger partial charge on any atom is 0.244 e. The highest BCUT2D eigenvalue weighted by atomic mass is 16.2. The Hall–Kier alpha value is -3.80. The molecule has 4 aromatic rings. The van der Waals surface area contributed by atoms with Gasteiger partial charge in [-0.05, 0) is 31.4 Å². The number of benzene rings is 2. The average Bonchev–Trinajstić information content (AvgIpc) is 3.51. The molecule has 172 valence electrons. The number of nitrogens with zero attached hydrogens (tertiary/aromatic N) is 4. The van der Waals surface area contributed by atoms with Gasteiger partial charge in [-0.3, -0.25) is 9.59 Å². The van der Waals surface area contributed by atoms with Crippen LogP contribution in [0.25, 0.3) is 22.5 Å². The van der Waals surface area contributed by atoms with Gasteiger partial charge < -0.3 is 0 Å². The first kappa shape index (κ1) is 22.0. The first-order valence-electron chi connectivity index (χ1n) is 11.8. The molecule has 0 aliphatic heterocycles. The summed E-state index contributed by atoms with van der Waals surface area (Å²) in [6.07, 6.45) is 4.00. The van der Waals surface area contributed by atoms with E-state index in [1.54, 1.807) is 13.8 Å². The second-order valence-corrected chi connectivity index (χ2v) is 9.06. The minimum absolute atomic E-state index is 0.0924. The van der Waals surface area contributed by atoms with Crippen molar-refractivity contribution in [2.75, 3.05) is 0 Å². The monoisotopic (exact) mass is 452 g/mol. The molecule has 0 saturated heterocycles. The summed E-state index contributed by atoms with van der Waals surface area (Å²) >= 11 is 0. The molecule has 2 atom stereocenters. The topological polar surface area (TPSA) is 69.8 Å².